The van der Waals surface area contributed by atoms with E-state index in [1.54, 1.807) is 0 Å². The lowest BCUT2D eigenvalue weighted by atomic mass is 10.3. The normalized spacial score (nSPS) is 10.1. The van der Waals surface area contributed by atoms with Crippen LogP contribution in [-0.2, 0) is 11.3 Å². The Morgan fingerprint density at radius 1 is 1.22 bits per heavy atom. The van der Waals surface area contributed by atoms with Gasteiger partial charge in [0, 0.05) is 15.7 Å². The molecule has 2 rings (SSSR count). The van der Waals surface area contributed by atoms with Crippen LogP contribution in [0.3, 0.4) is 0 Å². The van der Waals surface area contributed by atoms with Gasteiger partial charge in [-0.25, -0.2) is 0 Å². The first-order chi connectivity index (χ1) is 8.65. The predicted octanol–water partition coefficient (Wildman–Crippen LogP) is 2.53. The number of para-hydroxylation sites is 1. The van der Waals surface area contributed by atoms with Crippen LogP contribution >= 0.6 is 22.6 Å². The average Bonchev–Trinajstić information content (AvgIpc) is 2.35. The van der Waals surface area contributed by atoms with Crippen molar-refractivity contribution >= 4 is 34.2 Å². The highest BCUT2D eigenvalue weighted by Gasteiger charge is 2.10. The lowest BCUT2D eigenvalue weighted by Crippen LogP contribution is -2.39. The summed E-state index contributed by atoms with van der Waals surface area (Å²) in [5, 5.41) is 2.91. The van der Waals surface area contributed by atoms with Crippen LogP contribution in [0.2, 0.25) is 0 Å². The first kappa shape index (κ1) is 13.0. The van der Waals surface area contributed by atoms with Crippen molar-refractivity contribution in [1.29, 1.82) is 0 Å². The van der Waals surface area contributed by atoms with Gasteiger partial charge in [-0.1, -0.05) is 12.1 Å². The number of amides is 1. The highest BCUT2D eigenvalue weighted by molar-refractivity contribution is 14.1. The zero-order valence-corrected chi connectivity index (χ0v) is 12.2. The molecule has 0 unspecified atom stereocenters. The minimum absolute atomic E-state index is 0.0204. The van der Waals surface area contributed by atoms with Crippen molar-refractivity contribution in [3.05, 3.63) is 57.9 Å². The van der Waals surface area contributed by atoms with Crippen LogP contribution in [0, 0.1) is 10.5 Å². The minimum atomic E-state index is -0.0204. The number of hydrogen-bond donors (Lipinski definition) is 1. The van der Waals surface area contributed by atoms with Gasteiger partial charge in [-0.2, -0.15) is 4.57 Å². The van der Waals surface area contributed by atoms with Crippen molar-refractivity contribution < 1.29 is 9.36 Å². The molecule has 92 valence electrons. The molecule has 1 N–H and O–H groups in total. The molecule has 4 heteroatoms. The molecule has 1 aromatic heterocycles. The number of rotatable bonds is 3. The van der Waals surface area contributed by atoms with Gasteiger partial charge in [-0.15, -0.1) is 0 Å². The van der Waals surface area contributed by atoms with Crippen molar-refractivity contribution in [3.63, 3.8) is 0 Å². The van der Waals surface area contributed by atoms with E-state index in [-0.39, 0.29) is 5.91 Å². The van der Waals surface area contributed by atoms with E-state index in [4.69, 9.17) is 0 Å². The molecule has 0 spiro atoms. The van der Waals surface area contributed by atoms with E-state index < -0.39 is 0 Å². The van der Waals surface area contributed by atoms with E-state index in [1.807, 2.05) is 60.3 Å². The maximum Gasteiger partial charge on any atom is 0.290 e. The highest BCUT2D eigenvalue weighted by atomic mass is 127. The second kappa shape index (κ2) is 5.95. The number of hydrogen-bond acceptors (Lipinski definition) is 1. The number of nitrogens with zero attached hydrogens (tertiary/aromatic N) is 1. The Hall–Kier alpha value is -1.43. The fraction of sp³-hybridized carbons (Fsp3) is 0.143. The number of aryl methyl sites for hydroxylation is 1. The van der Waals surface area contributed by atoms with E-state index in [0.29, 0.717) is 6.54 Å². The Morgan fingerprint density at radius 2 is 1.89 bits per heavy atom. The summed E-state index contributed by atoms with van der Waals surface area (Å²) in [5.74, 6) is -0.0204. The molecule has 0 bridgehead atoms. The van der Waals surface area contributed by atoms with Crippen molar-refractivity contribution in [2.75, 3.05) is 5.32 Å². The fourth-order valence-electron chi connectivity index (χ4n) is 1.56. The van der Waals surface area contributed by atoms with E-state index in [2.05, 4.69) is 27.9 Å². The summed E-state index contributed by atoms with van der Waals surface area (Å²) in [4.78, 5) is 11.9. The molecule has 1 heterocycles. The number of pyridine rings is 1. The number of carbonyl (C=O) groups is 1. The van der Waals surface area contributed by atoms with Gasteiger partial charge in [0.2, 0.25) is 6.54 Å². The second-order valence-corrected chi connectivity index (χ2v) is 5.24. The Morgan fingerprint density at radius 3 is 2.56 bits per heavy atom. The molecule has 1 amide bonds. The molecule has 0 saturated heterocycles. The largest absolute Gasteiger partial charge is 0.320 e. The zero-order chi connectivity index (χ0) is 13.0. The number of anilines is 1. The Bertz CT molecular complexity index is 552. The maximum atomic E-state index is 11.9. The standard InChI is InChI=1S/C14H13IN2O/c1-11-6-8-17(9-7-11)10-14(18)16-13-5-3-2-4-12(13)15/h2-9H,10H2,1H3/p+1. The van der Waals surface area contributed by atoms with Crippen molar-refractivity contribution in [2.45, 2.75) is 13.5 Å². The Labute approximate surface area is 120 Å². The van der Waals surface area contributed by atoms with Crippen LogP contribution in [0.4, 0.5) is 5.69 Å². The third kappa shape index (κ3) is 3.53. The van der Waals surface area contributed by atoms with E-state index in [9.17, 15) is 4.79 Å². The SMILES string of the molecule is Cc1cc[n+](CC(=O)Nc2ccccc2I)cc1. The summed E-state index contributed by atoms with van der Waals surface area (Å²) in [6.07, 6.45) is 3.82. The summed E-state index contributed by atoms with van der Waals surface area (Å²) in [6.45, 7) is 2.35. The Kier molecular flexibility index (Phi) is 4.30. The predicted molar refractivity (Wildman–Crippen MR) is 79.2 cm³/mol. The quantitative estimate of drug-likeness (QED) is 0.668. The van der Waals surface area contributed by atoms with Crippen LogP contribution in [0.1, 0.15) is 5.56 Å². The van der Waals surface area contributed by atoms with Crippen molar-refractivity contribution in [1.82, 2.24) is 0 Å². The number of carbonyl (C=O) groups excluding carboxylic acids is 1. The summed E-state index contributed by atoms with van der Waals surface area (Å²) in [5.41, 5.74) is 2.04. The van der Waals surface area contributed by atoms with Gasteiger partial charge < -0.3 is 5.32 Å². The Balaban J connectivity index is 2.01. The molecule has 0 radical (unpaired) electrons. The van der Waals surface area contributed by atoms with Crippen LogP contribution in [0.15, 0.2) is 48.8 Å². The van der Waals surface area contributed by atoms with Crippen LogP contribution < -0.4 is 9.88 Å². The summed E-state index contributed by atoms with van der Waals surface area (Å²) >= 11 is 2.21. The second-order valence-electron chi connectivity index (χ2n) is 4.08. The number of benzene rings is 1. The van der Waals surface area contributed by atoms with Gasteiger partial charge in [0.15, 0.2) is 12.4 Å². The first-order valence-electron chi connectivity index (χ1n) is 5.65. The monoisotopic (exact) mass is 353 g/mol. The lowest BCUT2D eigenvalue weighted by Gasteiger charge is -2.05. The van der Waals surface area contributed by atoms with Gasteiger partial charge in [0.05, 0.1) is 5.69 Å². The summed E-state index contributed by atoms with van der Waals surface area (Å²) in [7, 11) is 0. The smallest absolute Gasteiger partial charge is 0.290 e. The number of aromatic nitrogens is 1. The molecule has 0 saturated carbocycles. The van der Waals surface area contributed by atoms with Crippen molar-refractivity contribution in [2.24, 2.45) is 0 Å². The molecular weight excluding hydrogens is 339 g/mol. The van der Waals surface area contributed by atoms with Gasteiger partial charge in [0.1, 0.15) is 0 Å². The lowest BCUT2D eigenvalue weighted by molar-refractivity contribution is -0.684. The van der Waals surface area contributed by atoms with Gasteiger partial charge in [-0.05, 0) is 47.2 Å². The molecule has 0 fully saturated rings. The number of nitrogens with one attached hydrogen (secondary N) is 1. The topological polar surface area (TPSA) is 33.0 Å². The molecular formula is C14H14IN2O+. The van der Waals surface area contributed by atoms with Crippen LogP contribution in [-0.4, -0.2) is 5.91 Å². The van der Waals surface area contributed by atoms with Gasteiger partial charge in [0.25, 0.3) is 5.91 Å². The van der Waals surface area contributed by atoms with Gasteiger partial charge in [-0.3, -0.25) is 4.79 Å². The van der Waals surface area contributed by atoms with Gasteiger partial charge >= 0.3 is 0 Å². The highest BCUT2D eigenvalue weighted by Crippen LogP contribution is 2.16. The van der Waals surface area contributed by atoms with Crippen LogP contribution in [0.5, 0.6) is 0 Å². The van der Waals surface area contributed by atoms with Crippen LogP contribution in [0.25, 0.3) is 0 Å². The molecule has 18 heavy (non-hydrogen) atoms. The molecule has 2 aromatic rings. The zero-order valence-electron chi connectivity index (χ0n) is 10.1. The molecule has 0 aliphatic rings. The fourth-order valence-corrected chi connectivity index (χ4v) is 2.08. The molecule has 0 atom stereocenters. The summed E-state index contributed by atoms with van der Waals surface area (Å²) in [6, 6.07) is 11.7. The minimum Gasteiger partial charge on any atom is -0.320 e. The van der Waals surface area contributed by atoms with E-state index in [0.717, 1.165) is 9.26 Å². The third-order valence-electron chi connectivity index (χ3n) is 2.53. The van der Waals surface area contributed by atoms with E-state index in [1.165, 1.54) is 5.56 Å². The molecule has 1 aromatic carbocycles. The van der Waals surface area contributed by atoms with E-state index >= 15 is 0 Å². The van der Waals surface area contributed by atoms with Crippen molar-refractivity contribution in [3.8, 4) is 0 Å². The first-order valence-corrected chi connectivity index (χ1v) is 6.73. The molecule has 0 aliphatic carbocycles. The maximum absolute atomic E-state index is 11.9. The number of halogens is 1. The average molecular weight is 353 g/mol. The molecule has 0 aliphatic heterocycles. The summed E-state index contributed by atoms with van der Waals surface area (Å²) < 4.78 is 2.90. The molecule has 3 nitrogen and oxygen atoms in total. The third-order valence-corrected chi connectivity index (χ3v) is 3.47.